The standard InChI is InChI=1S/C22H30N4O/c1-2-10-25-11-5-12-26-20(16-25)14-19(24-26)15-23-22(27)13-18-9-8-17-6-3-4-7-21(17)18/h3-4,6-7,14,18H,2,5,8-13,15-16H2,1H3,(H,23,27)/t18-/m0/s1. The Kier molecular flexibility index (Phi) is 5.58. The zero-order chi connectivity index (χ0) is 18.6. The van der Waals surface area contributed by atoms with Crippen molar-refractivity contribution in [2.75, 3.05) is 13.1 Å². The van der Waals surface area contributed by atoms with E-state index in [9.17, 15) is 4.79 Å². The van der Waals surface area contributed by atoms with E-state index in [0.29, 0.717) is 18.9 Å². The first-order valence-corrected chi connectivity index (χ1v) is 10.4. The summed E-state index contributed by atoms with van der Waals surface area (Å²) in [4.78, 5) is 15.0. The number of rotatable bonds is 6. The number of fused-ring (bicyclic) bond motifs is 2. The molecule has 1 aromatic carbocycles. The van der Waals surface area contributed by atoms with Gasteiger partial charge in [-0.3, -0.25) is 14.4 Å². The quantitative estimate of drug-likeness (QED) is 0.854. The minimum absolute atomic E-state index is 0.132. The molecule has 1 aliphatic heterocycles. The highest BCUT2D eigenvalue weighted by Gasteiger charge is 2.24. The number of amides is 1. The van der Waals surface area contributed by atoms with E-state index in [1.807, 2.05) is 0 Å². The molecule has 1 atom stereocenters. The molecule has 1 aromatic heterocycles. The van der Waals surface area contributed by atoms with E-state index in [1.54, 1.807) is 0 Å². The Bertz CT molecular complexity index is 797. The van der Waals surface area contributed by atoms with Crippen molar-refractivity contribution < 1.29 is 4.79 Å². The van der Waals surface area contributed by atoms with Gasteiger partial charge >= 0.3 is 0 Å². The predicted molar refractivity (Wildman–Crippen MR) is 106 cm³/mol. The highest BCUT2D eigenvalue weighted by atomic mass is 16.1. The molecule has 5 heteroatoms. The maximum atomic E-state index is 12.5. The highest BCUT2D eigenvalue weighted by Crippen LogP contribution is 2.35. The van der Waals surface area contributed by atoms with Crippen LogP contribution in [0, 0.1) is 0 Å². The molecule has 1 aliphatic carbocycles. The second kappa shape index (κ2) is 8.26. The van der Waals surface area contributed by atoms with Crippen LogP contribution in [-0.4, -0.2) is 33.7 Å². The van der Waals surface area contributed by atoms with Gasteiger partial charge in [-0.1, -0.05) is 31.2 Å². The summed E-state index contributed by atoms with van der Waals surface area (Å²) in [5.41, 5.74) is 5.01. The smallest absolute Gasteiger partial charge is 0.220 e. The lowest BCUT2D eigenvalue weighted by atomic mass is 9.97. The Balaban J connectivity index is 1.32. The molecule has 2 aromatic rings. The van der Waals surface area contributed by atoms with Crippen LogP contribution < -0.4 is 5.32 Å². The number of carbonyl (C=O) groups is 1. The number of carbonyl (C=O) groups excluding carboxylic acids is 1. The van der Waals surface area contributed by atoms with E-state index in [-0.39, 0.29) is 5.91 Å². The summed E-state index contributed by atoms with van der Waals surface area (Å²) in [7, 11) is 0. The van der Waals surface area contributed by atoms with Crippen LogP contribution in [0.2, 0.25) is 0 Å². The summed E-state index contributed by atoms with van der Waals surface area (Å²) >= 11 is 0. The molecule has 0 radical (unpaired) electrons. The lowest BCUT2D eigenvalue weighted by Crippen LogP contribution is -2.25. The summed E-state index contributed by atoms with van der Waals surface area (Å²) in [6.45, 7) is 6.98. The van der Waals surface area contributed by atoms with Crippen molar-refractivity contribution >= 4 is 5.91 Å². The van der Waals surface area contributed by atoms with Crippen LogP contribution >= 0.6 is 0 Å². The third-order valence-electron chi connectivity index (χ3n) is 5.84. The van der Waals surface area contributed by atoms with Crippen molar-refractivity contribution in [1.29, 1.82) is 0 Å². The molecule has 144 valence electrons. The lowest BCUT2D eigenvalue weighted by molar-refractivity contribution is -0.121. The van der Waals surface area contributed by atoms with Crippen molar-refractivity contribution in [2.45, 2.75) is 64.6 Å². The average molecular weight is 367 g/mol. The van der Waals surface area contributed by atoms with E-state index in [2.05, 4.69) is 52.2 Å². The first kappa shape index (κ1) is 18.2. The Morgan fingerprint density at radius 3 is 3.07 bits per heavy atom. The first-order chi connectivity index (χ1) is 13.2. The molecule has 0 spiro atoms. The molecule has 2 heterocycles. The van der Waals surface area contributed by atoms with Crippen LogP contribution in [0.1, 0.15) is 61.0 Å². The predicted octanol–water partition coefficient (Wildman–Crippen LogP) is 3.24. The van der Waals surface area contributed by atoms with E-state index in [4.69, 9.17) is 5.10 Å². The molecule has 0 bridgehead atoms. The highest BCUT2D eigenvalue weighted by molar-refractivity contribution is 5.77. The van der Waals surface area contributed by atoms with Crippen molar-refractivity contribution in [3.8, 4) is 0 Å². The third kappa shape index (κ3) is 4.24. The number of hydrogen-bond donors (Lipinski definition) is 1. The van der Waals surface area contributed by atoms with Crippen LogP contribution in [0.4, 0.5) is 0 Å². The molecule has 5 nitrogen and oxygen atoms in total. The normalized spacial score (nSPS) is 19.4. The van der Waals surface area contributed by atoms with E-state index < -0.39 is 0 Å². The number of aromatic nitrogens is 2. The number of hydrogen-bond acceptors (Lipinski definition) is 3. The third-order valence-corrected chi connectivity index (χ3v) is 5.84. The zero-order valence-electron chi connectivity index (χ0n) is 16.3. The summed E-state index contributed by atoms with van der Waals surface area (Å²) in [5.74, 6) is 0.495. The Morgan fingerprint density at radius 2 is 2.19 bits per heavy atom. The van der Waals surface area contributed by atoms with Gasteiger partial charge in [0.25, 0.3) is 0 Å². The van der Waals surface area contributed by atoms with Crippen molar-refractivity contribution in [3.63, 3.8) is 0 Å². The van der Waals surface area contributed by atoms with Crippen LogP contribution in [-0.2, 0) is 30.8 Å². The van der Waals surface area contributed by atoms with Gasteiger partial charge in [0.15, 0.2) is 0 Å². The molecule has 0 saturated heterocycles. The molecule has 0 saturated carbocycles. The molecule has 0 fully saturated rings. The van der Waals surface area contributed by atoms with Gasteiger partial charge < -0.3 is 5.32 Å². The van der Waals surface area contributed by atoms with E-state index >= 15 is 0 Å². The summed E-state index contributed by atoms with van der Waals surface area (Å²) in [5, 5.41) is 7.81. The molecule has 27 heavy (non-hydrogen) atoms. The fourth-order valence-corrected chi connectivity index (χ4v) is 4.52. The van der Waals surface area contributed by atoms with E-state index in [0.717, 1.165) is 51.1 Å². The minimum Gasteiger partial charge on any atom is -0.350 e. The van der Waals surface area contributed by atoms with Gasteiger partial charge in [-0.25, -0.2) is 0 Å². The Hall–Kier alpha value is -2.14. The zero-order valence-corrected chi connectivity index (χ0v) is 16.3. The Morgan fingerprint density at radius 1 is 1.30 bits per heavy atom. The number of benzene rings is 1. The van der Waals surface area contributed by atoms with Crippen LogP contribution in [0.25, 0.3) is 0 Å². The van der Waals surface area contributed by atoms with Gasteiger partial charge in [0.1, 0.15) is 0 Å². The van der Waals surface area contributed by atoms with Gasteiger partial charge in [-0.15, -0.1) is 0 Å². The van der Waals surface area contributed by atoms with Crippen LogP contribution in [0.15, 0.2) is 30.3 Å². The number of aryl methyl sites for hydroxylation is 2. The molecule has 2 aliphatic rings. The monoisotopic (exact) mass is 366 g/mol. The first-order valence-electron chi connectivity index (χ1n) is 10.4. The van der Waals surface area contributed by atoms with Gasteiger partial charge in [0, 0.05) is 26.1 Å². The lowest BCUT2D eigenvalue weighted by Gasteiger charge is -2.17. The van der Waals surface area contributed by atoms with E-state index in [1.165, 1.54) is 23.2 Å². The maximum Gasteiger partial charge on any atom is 0.220 e. The van der Waals surface area contributed by atoms with Gasteiger partial charge in [-0.05, 0) is 55.3 Å². The molecule has 1 amide bonds. The molecular formula is C22H30N4O. The van der Waals surface area contributed by atoms with Crippen LogP contribution in [0.3, 0.4) is 0 Å². The maximum absolute atomic E-state index is 12.5. The van der Waals surface area contributed by atoms with Gasteiger partial charge in [-0.2, -0.15) is 5.10 Å². The molecular weight excluding hydrogens is 336 g/mol. The van der Waals surface area contributed by atoms with Crippen molar-refractivity contribution in [3.05, 3.63) is 52.8 Å². The molecule has 1 N–H and O–H groups in total. The van der Waals surface area contributed by atoms with Crippen molar-refractivity contribution in [1.82, 2.24) is 20.0 Å². The van der Waals surface area contributed by atoms with Crippen LogP contribution in [0.5, 0.6) is 0 Å². The van der Waals surface area contributed by atoms with Crippen molar-refractivity contribution in [2.24, 2.45) is 0 Å². The second-order valence-corrected chi connectivity index (χ2v) is 7.90. The molecule has 0 unspecified atom stereocenters. The minimum atomic E-state index is 0.132. The summed E-state index contributed by atoms with van der Waals surface area (Å²) in [6, 6.07) is 10.7. The summed E-state index contributed by atoms with van der Waals surface area (Å²) < 4.78 is 2.13. The largest absolute Gasteiger partial charge is 0.350 e. The molecule has 4 rings (SSSR count). The van der Waals surface area contributed by atoms with Gasteiger partial charge in [0.05, 0.1) is 17.9 Å². The SMILES string of the molecule is CCCN1CCCn2nc(CNC(=O)C[C@@H]3CCc4ccccc43)cc2C1. The number of nitrogens with zero attached hydrogens (tertiary/aromatic N) is 3. The fraction of sp³-hybridized carbons (Fsp3) is 0.545. The average Bonchev–Trinajstić information content (AvgIpc) is 3.19. The fourth-order valence-electron chi connectivity index (χ4n) is 4.52. The second-order valence-electron chi connectivity index (χ2n) is 7.90. The van der Waals surface area contributed by atoms with Gasteiger partial charge in [0.2, 0.25) is 5.91 Å². The topological polar surface area (TPSA) is 50.2 Å². The Labute approximate surface area is 161 Å². The number of nitrogens with one attached hydrogen (secondary N) is 1. The summed E-state index contributed by atoms with van der Waals surface area (Å²) in [6.07, 6.45) is 5.08.